The SMILES string of the molecule is COc1ccc(/C=C/C(=O)NO)c(OCc2ccccc2)c1CC=C(C)C.COc1ccc(/C=C/C(=O)Nc2ccccc2N)c(OCc2ccccc2)c1CC=C(C)C.COc1ccc(/C=C\C(=O)NO)c(OCc2ccc(Br)cc2)c1CC=C(C)C.COc1ccc(/C=C\C(=O)NO)c(OCc2ccc(F)cc2)c1CC=C(C)C.COc1ccc(COc2c(/C=C\C(=O)NO)ccc(OC)c2CC=C(C)C)cc1. The van der Waals surface area contributed by atoms with Crippen molar-refractivity contribution in [3.05, 3.63) is 401 Å². The predicted octanol–water partition coefficient (Wildman–Crippen LogP) is 24.1. The Balaban J connectivity index is 0.000000246. The van der Waals surface area contributed by atoms with Crippen molar-refractivity contribution in [1.29, 1.82) is 0 Å². The molecule has 0 radical (unpaired) electrons. The number of para-hydroxylation sites is 2. The fourth-order valence-electron chi connectivity index (χ4n) is 13.7. The van der Waals surface area contributed by atoms with Crippen LogP contribution in [-0.4, -0.2) is 93.0 Å². The number of nitrogens with two attached hydrogens (primary N) is 1. The van der Waals surface area contributed by atoms with Gasteiger partial charge in [0.25, 0.3) is 23.6 Å². The lowest BCUT2D eigenvalue weighted by Crippen LogP contribution is -2.14. The number of benzene rings is 11. The fraction of sp³-hybridized carbons (Fsp3) is 0.222. The van der Waals surface area contributed by atoms with Crippen LogP contribution < -0.4 is 85.1 Å². The van der Waals surface area contributed by atoms with Crippen LogP contribution in [0.4, 0.5) is 15.8 Å². The number of amides is 5. The van der Waals surface area contributed by atoms with Crippen molar-refractivity contribution >= 4 is 87.2 Å². The molecule has 762 valence electrons. The molecule has 0 aliphatic rings. The summed E-state index contributed by atoms with van der Waals surface area (Å²) in [6.45, 7) is 22.0. The number of anilines is 2. The van der Waals surface area contributed by atoms with Crippen LogP contribution in [0.2, 0.25) is 0 Å². The highest BCUT2D eigenvalue weighted by atomic mass is 79.9. The van der Waals surface area contributed by atoms with Crippen molar-refractivity contribution < 1.29 is 101 Å². The largest absolute Gasteiger partial charge is 0.497 e. The van der Waals surface area contributed by atoms with Gasteiger partial charge < -0.3 is 63.2 Å². The predicted molar refractivity (Wildman–Crippen MR) is 573 cm³/mol. The Hall–Kier alpha value is -16.0. The van der Waals surface area contributed by atoms with Gasteiger partial charge >= 0.3 is 0 Å². The number of rotatable bonds is 42. The number of carbonyl (C=O) groups is 5. The number of hydrogen-bond acceptors (Lipinski definition) is 21. The summed E-state index contributed by atoms with van der Waals surface area (Å²) in [5.74, 6) is 4.42. The van der Waals surface area contributed by atoms with Crippen molar-refractivity contribution in [1.82, 2.24) is 21.9 Å². The summed E-state index contributed by atoms with van der Waals surface area (Å²) < 4.78 is 77.8. The monoisotopic (exact) mass is 2040 g/mol. The van der Waals surface area contributed by atoms with Crippen LogP contribution in [0.25, 0.3) is 30.4 Å². The highest BCUT2D eigenvalue weighted by Crippen LogP contribution is 2.41. The van der Waals surface area contributed by atoms with Crippen LogP contribution in [-0.2, 0) is 89.1 Å². The van der Waals surface area contributed by atoms with E-state index in [0.29, 0.717) is 127 Å². The first-order chi connectivity index (χ1) is 69.9. The van der Waals surface area contributed by atoms with Crippen molar-refractivity contribution in [2.75, 3.05) is 53.7 Å². The number of allylic oxidation sites excluding steroid dienone is 10. The van der Waals surface area contributed by atoms with E-state index >= 15 is 0 Å². The average Bonchev–Trinajstić information content (AvgIpc) is 0.831. The van der Waals surface area contributed by atoms with Gasteiger partial charge in [0.2, 0.25) is 5.91 Å². The number of nitrogens with one attached hydrogen (secondary N) is 5. The number of carbonyl (C=O) groups excluding carboxylic acids is 5. The van der Waals surface area contributed by atoms with Gasteiger partial charge in [-0.25, -0.2) is 26.3 Å². The molecule has 0 atom stereocenters. The minimum atomic E-state index is -0.647. The van der Waals surface area contributed by atoms with Crippen molar-refractivity contribution in [2.45, 2.75) is 134 Å². The second-order valence-corrected chi connectivity index (χ2v) is 34.3. The van der Waals surface area contributed by atoms with Gasteiger partial charge in [0.1, 0.15) is 102 Å². The number of hydroxylamine groups is 4. The molecule has 145 heavy (non-hydrogen) atoms. The molecule has 5 amide bonds. The Morgan fingerprint density at radius 1 is 0.297 bits per heavy atom. The zero-order chi connectivity index (χ0) is 106. The van der Waals surface area contributed by atoms with Gasteiger partial charge in [0.05, 0.1) is 54.0 Å². The van der Waals surface area contributed by atoms with Crippen molar-refractivity contribution in [3.63, 3.8) is 0 Å². The van der Waals surface area contributed by atoms with E-state index in [-0.39, 0.29) is 18.3 Å². The molecule has 0 unspecified atom stereocenters. The molecular formula is C117H130BrFN6O20. The zero-order valence-electron chi connectivity index (χ0n) is 84.7. The van der Waals surface area contributed by atoms with Gasteiger partial charge in [0.15, 0.2) is 0 Å². The number of ether oxygens (including phenoxy) is 11. The van der Waals surface area contributed by atoms with Gasteiger partial charge in [-0.15, -0.1) is 0 Å². The van der Waals surface area contributed by atoms with Gasteiger partial charge in [-0.2, -0.15) is 0 Å². The molecule has 0 saturated heterocycles. The van der Waals surface area contributed by atoms with Crippen LogP contribution in [0, 0.1) is 5.82 Å². The summed E-state index contributed by atoms with van der Waals surface area (Å²) in [7, 11) is 9.71. The number of halogens is 2. The zero-order valence-corrected chi connectivity index (χ0v) is 86.3. The molecule has 0 aromatic heterocycles. The third kappa shape index (κ3) is 40.2. The van der Waals surface area contributed by atoms with Crippen LogP contribution in [0.3, 0.4) is 0 Å². The molecule has 11 N–H and O–H groups in total. The third-order valence-corrected chi connectivity index (χ3v) is 21.8. The standard InChI is InChI=1S/C28H30N2O3.C23H27NO5.C22H24BrNO4.C22H24FNO4.C22H25NO4/c1-20(2)13-16-23-26(32-3)17-14-22(28(23)33-19-21-9-5-4-6-10-21)15-18-27(31)30-25-12-8-7-11-24(25)29;1-16(2)5-12-20-21(28-4)13-8-18(9-14-22(25)24-26)23(20)29-15-17-6-10-19(27-3)11-7-17;2*1-15(2)4-11-19-20(27-3)12-7-17(8-13-21(25)24-26)22(19)28-14-16-5-9-18(23)10-6-16;1-16(2)9-12-19-20(26-3)13-10-18(11-14-21(24)23-25)22(19)27-15-17-7-5-4-6-8-17/h4-15,17-18H,16,19,29H2,1-3H3,(H,30,31);5-11,13-14,26H,12,15H2,1-4H3,(H,24,25);2*4-10,12-13,26H,11,14H2,1-3H3,(H,24,25);4-11,13-14,25H,12,15H2,1-3H3,(H,23,24)/b18-15+;14-9-;2*13-8-;14-11+. The second-order valence-electron chi connectivity index (χ2n) is 33.4. The molecule has 0 heterocycles. The van der Waals surface area contributed by atoms with Gasteiger partial charge in [0, 0.05) is 90.5 Å². The molecular weight excluding hydrogens is 1910 g/mol. The molecule has 0 bridgehead atoms. The van der Waals surface area contributed by atoms with Crippen LogP contribution >= 0.6 is 15.9 Å². The first-order valence-corrected chi connectivity index (χ1v) is 47.0. The maximum atomic E-state index is 13.1. The Bertz CT molecular complexity index is 6220. The van der Waals surface area contributed by atoms with Crippen LogP contribution in [0.15, 0.2) is 311 Å². The second kappa shape index (κ2) is 63.0. The van der Waals surface area contributed by atoms with Crippen LogP contribution in [0.5, 0.6) is 63.2 Å². The lowest BCUT2D eigenvalue weighted by atomic mass is 10.0. The molecule has 0 spiro atoms. The third-order valence-electron chi connectivity index (χ3n) is 21.2. The van der Waals surface area contributed by atoms with E-state index in [1.807, 2.05) is 225 Å². The lowest BCUT2D eigenvalue weighted by Gasteiger charge is -2.17. The summed E-state index contributed by atoms with van der Waals surface area (Å²) in [5, 5.41) is 37.7. The molecule has 28 heteroatoms. The van der Waals surface area contributed by atoms with E-state index in [4.69, 9.17) is 78.7 Å². The lowest BCUT2D eigenvalue weighted by molar-refractivity contribution is -0.124. The maximum Gasteiger partial charge on any atom is 0.267 e. The van der Waals surface area contributed by atoms with Crippen molar-refractivity contribution in [2.24, 2.45) is 0 Å². The van der Waals surface area contributed by atoms with E-state index in [0.717, 1.165) is 99.6 Å². The molecule has 0 saturated carbocycles. The molecule has 0 aliphatic heterocycles. The quantitative estimate of drug-likeness (QED) is 0.00558. The Labute approximate surface area is 857 Å². The van der Waals surface area contributed by atoms with Crippen molar-refractivity contribution in [3.8, 4) is 63.2 Å². The van der Waals surface area contributed by atoms with Gasteiger partial charge in [-0.1, -0.05) is 183 Å². The summed E-state index contributed by atoms with van der Waals surface area (Å²) in [4.78, 5) is 58.1. The molecule has 11 aromatic rings. The summed E-state index contributed by atoms with van der Waals surface area (Å²) in [6.07, 6.45) is 28.1. The summed E-state index contributed by atoms with van der Waals surface area (Å²) in [6, 6.07) is 66.9. The fourth-order valence-corrected chi connectivity index (χ4v) is 13.9. The first-order valence-electron chi connectivity index (χ1n) is 46.2. The summed E-state index contributed by atoms with van der Waals surface area (Å²) >= 11 is 3.43. The van der Waals surface area contributed by atoms with Gasteiger partial charge in [-0.05, 0) is 269 Å². The van der Waals surface area contributed by atoms with Gasteiger partial charge in [-0.3, -0.25) is 44.8 Å². The Kier molecular flexibility index (Phi) is 50.4. The smallest absolute Gasteiger partial charge is 0.267 e. The number of nitrogen functional groups attached to an aromatic ring is 1. The molecule has 11 rings (SSSR count). The normalized spacial score (nSPS) is 10.6. The molecule has 11 aromatic carbocycles. The van der Waals surface area contributed by atoms with E-state index in [1.165, 1.54) is 64.8 Å². The summed E-state index contributed by atoms with van der Waals surface area (Å²) in [5.41, 5.74) is 32.2. The average molecular weight is 2040 g/mol. The molecule has 0 aliphatic carbocycles. The molecule has 0 fully saturated rings. The highest BCUT2D eigenvalue weighted by Gasteiger charge is 2.22. The first kappa shape index (κ1) is 116. The Morgan fingerprint density at radius 2 is 0.531 bits per heavy atom. The highest BCUT2D eigenvalue weighted by molar-refractivity contribution is 9.10. The number of hydrogen-bond donors (Lipinski definition) is 10. The van der Waals surface area contributed by atoms with Crippen LogP contribution in [0.1, 0.15) is 153 Å². The molecule has 26 nitrogen and oxygen atoms in total. The van der Waals surface area contributed by atoms with E-state index in [2.05, 4.69) is 65.5 Å². The minimum Gasteiger partial charge on any atom is -0.497 e. The minimum absolute atomic E-state index is 0.225. The van der Waals surface area contributed by atoms with E-state index in [9.17, 15) is 28.4 Å². The number of methoxy groups -OCH3 is 6. The van der Waals surface area contributed by atoms with E-state index in [1.54, 1.807) is 131 Å². The Morgan fingerprint density at radius 3 is 0.772 bits per heavy atom. The topological polar surface area (TPSA) is 354 Å². The van der Waals surface area contributed by atoms with E-state index < -0.39 is 23.6 Å². The maximum absolute atomic E-state index is 13.1.